The van der Waals surface area contributed by atoms with Crippen LogP contribution in [0, 0.1) is 18.6 Å². The van der Waals surface area contributed by atoms with Gasteiger partial charge in [-0.3, -0.25) is 9.89 Å². The molecule has 0 aliphatic heterocycles. The number of rotatable bonds is 5. The summed E-state index contributed by atoms with van der Waals surface area (Å²) in [5.41, 5.74) is 1.19. The molecule has 2 aromatic carbocycles. The van der Waals surface area contributed by atoms with Gasteiger partial charge in [-0.15, -0.1) is 5.10 Å². The molecule has 0 saturated carbocycles. The van der Waals surface area contributed by atoms with Gasteiger partial charge in [-0.25, -0.2) is 13.8 Å². The number of aromatic amines is 1. The molecule has 0 saturated heterocycles. The van der Waals surface area contributed by atoms with Gasteiger partial charge in [0.1, 0.15) is 11.6 Å². The Labute approximate surface area is 146 Å². The number of aryl methyl sites for hydroxylation is 1. The number of carbonyl (C=O) groups excluding carboxylic acids is 1. The molecule has 1 aromatic heterocycles. The lowest BCUT2D eigenvalue weighted by atomic mass is 10.2. The van der Waals surface area contributed by atoms with Crippen LogP contribution in [0.4, 0.5) is 14.5 Å². The zero-order valence-corrected chi connectivity index (χ0v) is 14.0. The first kappa shape index (κ1) is 17.1. The van der Waals surface area contributed by atoms with Crippen molar-refractivity contribution in [1.82, 2.24) is 15.2 Å². The van der Waals surface area contributed by atoms with Crippen molar-refractivity contribution in [2.75, 3.05) is 11.1 Å². The maximum Gasteiger partial charge on any atom is 0.234 e. The lowest BCUT2D eigenvalue weighted by Crippen LogP contribution is -2.15. The minimum atomic E-state index is -0.488. The third-order valence-electron chi connectivity index (χ3n) is 3.32. The van der Waals surface area contributed by atoms with Gasteiger partial charge < -0.3 is 5.32 Å². The molecule has 25 heavy (non-hydrogen) atoms. The number of nitrogens with zero attached hydrogens (tertiary/aromatic N) is 2. The smallest absolute Gasteiger partial charge is 0.234 e. The zero-order valence-electron chi connectivity index (χ0n) is 13.2. The van der Waals surface area contributed by atoms with Crippen LogP contribution in [0.3, 0.4) is 0 Å². The molecule has 0 spiro atoms. The molecule has 3 rings (SSSR count). The van der Waals surface area contributed by atoms with Crippen LogP contribution in [0.15, 0.2) is 47.6 Å². The van der Waals surface area contributed by atoms with E-state index in [0.29, 0.717) is 10.7 Å². The molecule has 0 aliphatic carbocycles. The quantitative estimate of drug-likeness (QED) is 0.679. The summed E-state index contributed by atoms with van der Waals surface area (Å²) in [7, 11) is 0. The average molecular weight is 360 g/mol. The van der Waals surface area contributed by atoms with Crippen LogP contribution < -0.4 is 5.32 Å². The van der Waals surface area contributed by atoms with Gasteiger partial charge in [-0.2, -0.15) is 0 Å². The standard InChI is InChI=1S/C17H14F2N4OS/c1-10-6-7-14(13(19)8-10)20-15(24)9-25-17-21-16(22-23-17)11-4-2-3-5-12(11)18/h2-8H,9H2,1H3,(H,20,24)(H,21,22,23). The molecule has 3 aromatic rings. The van der Waals surface area contributed by atoms with Crippen molar-refractivity contribution in [2.45, 2.75) is 12.1 Å². The summed E-state index contributed by atoms with van der Waals surface area (Å²) in [6.07, 6.45) is 0. The second-order valence-electron chi connectivity index (χ2n) is 5.27. The van der Waals surface area contributed by atoms with Crippen molar-refractivity contribution in [1.29, 1.82) is 0 Å². The fourth-order valence-electron chi connectivity index (χ4n) is 2.12. The average Bonchev–Trinajstić information content (AvgIpc) is 3.05. The lowest BCUT2D eigenvalue weighted by molar-refractivity contribution is -0.113. The molecule has 0 unspecified atom stereocenters. The third-order valence-corrected chi connectivity index (χ3v) is 4.17. The second kappa shape index (κ2) is 7.43. The van der Waals surface area contributed by atoms with Crippen molar-refractivity contribution in [3.05, 3.63) is 59.7 Å². The molecule has 8 heteroatoms. The molecule has 5 nitrogen and oxygen atoms in total. The van der Waals surface area contributed by atoms with Crippen molar-refractivity contribution >= 4 is 23.4 Å². The number of H-pyrrole nitrogens is 1. The molecule has 0 atom stereocenters. The normalized spacial score (nSPS) is 10.7. The van der Waals surface area contributed by atoms with Crippen LogP contribution in [0.2, 0.25) is 0 Å². The maximum absolute atomic E-state index is 13.7. The molecular weight excluding hydrogens is 346 g/mol. The Kier molecular flexibility index (Phi) is 5.08. The van der Waals surface area contributed by atoms with E-state index in [1.165, 1.54) is 18.2 Å². The van der Waals surface area contributed by atoms with Gasteiger partial charge in [-0.1, -0.05) is 30.0 Å². The molecule has 0 fully saturated rings. The van der Waals surface area contributed by atoms with E-state index >= 15 is 0 Å². The number of carbonyl (C=O) groups is 1. The summed E-state index contributed by atoms with van der Waals surface area (Å²) in [5.74, 6) is -1.00. The van der Waals surface area contributed by atoms with Crippen molar-refractivity contribution in [2.24, 2.45) is 0 Å². The van der Waals surface area contributed by atoms with Crippen LogP contribution in [0.5, 0.6) is 0 Å². The van der Waals surface area contributed by atoms with E-state index in [0.717, 1.165) is 17.3 Å². The third kappa shape index (κ3) is 4.21. The molecule has 128 valence electrons. The number of hydrogen-bond donors (Lipinski definition) is 2. The monoisotopic (exact) mass is 360 g/mol. The van der Waals surface area contributed by atoms with E-state index in [2.05, 4.69) is 20.5 Å². The lowest BCUT2D eigenvalue weighted by Gasteiger charge is -2.06. The fraction of sp³-hybridized carbons (Fsp3) is 0.118. The van der Waals surface area contributed by atoms with Crippen LogP contribution in [-0.2, 0) is 4.79 Å². The van der Waals surface area contributed by atoms with E-state index < -0.39 is 11.6 Å². The number of halogens is 2. The number of hydrogen-bond acceptors (Lipinski definition) is 4. The fourth-order valence-corrected chi connectivity index (χ4v) is 2.72. The first-order valence-corrected chi connectivity index (χ1v) is 8.37. The van der Waals surface area contributed by atoms with Gasteiger partial charge in [0.15, 0.2) is 5.82 Å². The van der Waals surface area contributed by atoms with E-state index in [9.17, 15) is 13.6 Å². The summed E-state index contributed by atoms with van der Waals surface area (Å²) in [6.45, 7) is 1.76. The minimum absolute atomic E-state index is 0.00187. The minimum Gasteiger partial charge on any atom is -0.323 e. The second-order valence-corrected chi connectivity index (χ2v) is 6.21. The Morgan fingerprint density at radius 1 is 1.20 bits per heavy atom. The van der Waals surface area contributed by atoms with Gasteiger partial charge in [0.05, 0.1) is 17.0 Å². The first-order chi connectivity index (χ1) is 12.0. The number of thioether (sulfide) groups is 1. The maximum atomic E-state index is 13.7. The summed E-state index contributed by atoms with van der Waals surface area (Å²) in [6, 6.07) is 10.7. The largest absolute Gasteiger partial charge is 0.323 e. The summed E-state index contributed by atoms with van der Waals surface area (Å²) in [4.78, 5) is 16.1. The number of anilines is 1. The predicted octanol–water partition coefficient (Wildman–Crippen LogP) is 3.79. The van der Waals surface area contributed by atoms with E-state index in [1.54, 1.807) is 31.2 Å². The molecule has 1 heterocycles. The molecular formula is C17H14F2N4OS. The van der Waals surface area contributed by atoms with Crippen LogP contribution in [0.1, 0.15) is 5.56 Å². The van der Waals surface area contributed by atoms with Crippen LogP contribution in [0.25, 0.3) is 11.4 Å². The summed E-state index contributed by atoms with van der Waals surface area (Å²) in [5, 5.41) is 9.38. The summed E-state index contributed by atoms with van der Waals surface area (Å²) < 4.78 is 27.4. The molecule has 1 amide bonds. The van der Waals surface area contributed by atoms with E-state index in [-0.39, 0.29) is 23.2 Å². The Bertz CT molecular complexity index is 913. The SMILES string of the molecule is Cc1ccc(NC(=O)CSc2n[nH]c(-c3ccccc3F)n2)c(F)c1. The Hall–Kier alpha value is -2.74. The van der Waals surface area contributed by atoms with Gasteiger partial charge in [0.25, 0.3) is 0 Å². The van der Waals surface area contributed by atoms with Crippen molar-refractivity contribution in [3.8, 4) is 11.4 Å². The topological polar surface area (TPSA) is 70.7 Å². The summed E-state index contributed by atoms with van der Waals surface area (Å²) >= 11 is 1.07. The van der Waals surface area contributed by atoms with Gasteiger partial charge in [0.2, 0.25) is 11.1 Å². The number of nitrogens with one attached hydrogen (secondary N) is 2. The Morgan fingerprint density at radius 3 is 2.76 bits per heavy atom. The highest BCUT2D eigenvalue weighted by molar-refractivity contribution is 7.99. The molecule has 0 aliphatic rings. The highest BCUT2D eigenvalue weighted by Gasteiger charge is 2.12. The van der Waals surface area contributed by atoms with Gasteiger partial charge in [0, 0.05) is 0 Å². The molecule has 0 bridgehead atoms. The van der Waals surface area contributed by atoms with Crippen molar-refractivity contribution < 1.29 is 13.6 Å². The number of aromatic nitrogens is 3. The highest BCUT2D eigenvalue weighted by atomic mass is 32.2. The number of amides is 1. The van der Waals surface area contributed by atoms with E-state index in [4.69, 9.17) is 0 Å². The Morgan fingerprint density at radius 2 is 2.00 bits per heavy atom. The molecule has 0 radical (unpaired) electrons. The van der Waals surface area contributed by atoms with Crippen molar-refractivity contribution in [3.63, 3.8) is 0 Å². The van der Waals surface area contributed by atoms with E-state index in [1.807, 2.05) is 0 Å². The number of benzene rings is 2. The zero-order chi connectivity index (χ0) is 17.8. The highest BCUT2D eigenvalue weighted by Crippen LogP contribution is 2.22. The predicted molar refractivity (Wildman–Crippen MR) is 92.3 cm³/mol. The van der Waals surface area contributed by atoms with Crippen LogP contribution >= 0.6 is 11.8 Å². The van der Waals surface area contributed by atoms with Gasteiger partial charge >= 0.3 is 0 Å². The Balaban J connectivity index is 1.60. The molecule has 2 N–H and O–H groups in total. The van der Waals surface area contributed by atoms with Gasteiger partial charge in [-0.05, 0) is 36.8 Å². The first-order valence-electron chi connectivity index (χ1n) is 7.39. The van der Waals surface area contributed by atoms with Crippen LogP contribution in [-0.4, -0.2) is 26.8 Å².